The fourth-order valence-electron chi connectivity index (χ4n) is 1.23. The fourth-order valence-corrected chi connectivity index (χ4v) is 1.23. The number of nitrogens with two attached hydrogens (primary N) is 1. The Morgan fingerprint density at radius 2 is 2.11 bits per heavy atom. The molecule has 0 radical (unpaired) electrons. The van der Waals surface area contributed by atoms with Gasteiger partial charge in [-0.05, 0) is 13.0 Å². The van der Waals surface area contributed by atoms with Crippen LogP contribution < -0.4 is 10.5 Å². The third-order valence-electron chi connectivity index (χ3n) is 1.92. The van der Waals surface area contributed by atoms with Crippen LogP contribution in [0.15, 0.2) is 6.07 Å². The monoisotopic (exact) mass is 282 g/mol. The number of esters is 1. The molecule has 0 spiro atoms. The van der Waals surface area contributed by atoms with Gasteiger partial charge in [-0.25, -0.2) is 14.2 Å². The maximum atomic E-state index is 13.4. The second-order valence-electron chi connectivity index (χ2n) is 3.24. The molecule has 1 aromatic heterocycles. The van der Waals surface area contributed by atoms with Crippen LogP contribution in [0.4, 0.5) is 17.6 Å². The predicted molar refractivity (Wildman–Crippen MR) is 54.7 cm³/mol. The highest BCUT2D eigenvalue weighted by molar-refractivity contribution is 5.90. The first-order valence-electron chi connectivity index (χ1n) is 5.10. The lowest BCUT2D eigenvalue weighted by molar-refractivity contribution is -0.277. The van der Waals surface area contributed by atoms with Gasteiger partial charge < -0.3 is 15.2 Å². The molecule has 9 heteroatoms. The first kappa shape index (κ1) is 15.2. The van der Waals surface area contributed by atoms with Gasteiger partial charge in [-0.15, -0.1) is 13.2 Å². The Bertz CT molecular complexity index is 477. The zero-order valence-electron chi connectivity index (χ0n) is 9.75. The van der Waals surface area contributed by atoms with Gasteiger partial charge in [-0.3, -0.25) is 0 Å². The van der Waals surface area contributed by atoms with Gasteiger partial charge in [0.1, 0.15) is 0 Å². The summed E-state index contributed by atoms with van der Waals surface area (Å²) < 4.78 is 57.3. The van der Waals surface area contributed by atoms with Gasteiger partial charge in [-0.1, -0.05) is 0 Å². The van der Waals surface area contributed by atoms with Crippen molar-refractivity contribution in [1.82, 2.24) is 4.98 Å². The summed E-state index contributed by atoms with van der Waals surface area (Å²) in [5, 5.41) is 0. The number of nitrogens with zero attached hydrogens (tertiary/aromatic N) is 1. The normalized spacial score (nSPS) is 11.3. The highest BCUT2D eigenvalue weighted by Crippen LogP contribution is 2.25. The fraction of sp³-hybridized carbons (Fsp3) is 0.400. The van der Waals surface area contributed by atoms with Crippen LogP contribution in [-0.2, 0) is 11.3 Å². The van der Waals surface area contributed by atoms with Gasteiger partial charge in [0, 0.05) is 6.54 Å². The molecule has 0 aliphatic heterocycles. The van der Waals surface area contributed by atoms with Crippen LogP contribution in [0.5, 0.6) is 5.88 Å². The lowest BCUT2D eigenvalue weighted by Gasteiger charge is -2.12. The number of hydrogen-bond acceptors (Lipinski definition) is 5. The van der Waals surface area contributed by atoms with E-state index in [1.807, 2.05) is 0 Å². The Morgan fingerprint density at radius 3 is 2.58 bits per heavy atom. The maximum absolute atomic E-state index is 13.4. The van der Waals surface area contributed by atoms with Crippen molar-refractivity contribution in [2.45, 2.75) is 19.8 Å². The number of aromatic nitrogens is 1. The summed E-state index contributed by atoms with van der Waals surface area (Å²) >= 11 is 0. The minimum absolute atomic E-state index is 0.0191. The van der Waals surface area contributed by atoms with Gasteiger partial charge in [0.15, 0.2) is 5.82 Å². The number of hydrogen-bond donors (Lipinski definition) is 1. The largest absolute Gasteiger partial charge is 0.574 e. The molecule has 19 heavy (non-hydrogen) atoms. The minimum atomic E-state index is -5.09. The van der Waals surface area contributed by atoms with Crippen molar-refractivity contribution in [2.75, 3.05) is 6.61 Å². The second kappa shape index (κ2) is 5.83. The van der Waals surface area contributed by atoms with Crippen LogP contribution in [0, 0.1) is 5.82 Å². The van der Waals surface area contributed by atoms with E-state index in [-0.39, 0.29) is 24.4 Å². The molecule has 5 nitrogen and oxygen atoms in total. The number of ether oxygens (including phenoxy) is 2. The number of carbonyl (C=O) groups is 1. The standard InChI is InChI=1S/C10H10F4N2O3/c1-2-18-9(17)5-3-6(11)8(16-7(5)4-15)19-10(12,13)14/h3H,2,4,15H2,1H3. The summed E-state index contributed by atoms with van der Waals surface area (Å²) in [7, 11) is 0. The SMILES string of the molecule is CCOC(=O)c1cc(F)c(OC(F)(F)F)nc1CN. The molecule has 0 atom stereocenters. The Balaban J connectivity index is 3.17. The van der Waals surface area contributed by atoms with Gasteiger partial charge in [0.25, 0.3) is 5.88 Å². The summed E-state index contributed by atoms with van der Waals surface area (Å²) in [6.45, 7) is 1.17. The minimum Gasteiger partial charge on any atom is -0.462 e. The van der Waals surface area contributed by atoms with E-state index in [0.29, 0.717) is 6.07 Å². The maximum Gasteiger partial charge on any atom is 0.574 e. The predicted octanol–water partition coefficient (Wildman–Crippen LogP) is 1.75. The molecular formula is C10H10F4N2O3. The lowest BCUT2D eigenvalue weighted by Crippen LogP contribution is -2.21. The van der Waals surface area contributed by atoms with Crippen molar-refractivity contribution >= 4 is 5.97 Å². The summed E-state index contributed by atoms with van der Waals surface area (Å²) in [4.78, 5) is 14.7. The zero-order chi connectivity index (χ0) is 14.6. The van der Waals surface area contributed by atoms with Gasteiger partial charge >= 0.3 is 12.3 Å². The molecule has 1 rings (SSSR count). The van der Waals surface area contributed by atoms with E-state index in [2.05, 4.69) is 14.5 Å². The van der Waals surface area contributed by atoms with Crippen molar-refractivity contribution in [3.8, 4) is 5.88 Å². The van der Waals surface area contributed by atoms with Crippen molar-refractivity contribution in [2.24, 2.45) is 5.73 Å². The van der Waals surface area contributed by atoms with Crippen molar-refractivity contribution in [3.05, 3.63) is 23.1 Å². The highest BCUT2D eigenvalue weighted by atomic mass is 19.4. The number of pyridine rings is 1. The molecule has 0 saturated carbocycles. The first-order valence-corrected chi connectivity index (χ1v) is 5.10. The van der Waals surface area contributed by atoms with Crippen LogP contribution >= 0.6 is 0 Å². The number of halogens is 4. The average molecular weight is 282 g/mol. The van der Waals surface area contributed by atoms with E-state index >= 15 is 0 Å². The van der Waals surface area contributed by atoms with E-state index in [4.69, 9.17) is 5.73 Å². The third kappa shape index (κ3) is 4.05. The van der Waals surface area contributed by atoms with Gasteiger partial charge in [0.05, 0.1) is 17.9 Å². The molecular weight excluding hydrogens is 272 g/mol. The van der Waals surface area contributed by atoms with Crippen LogP contribution in [0.2, 0.25) is 0 Å². The van der Waals surface area contributed by atoms with Crippen molar-refractivity contribution in [1.29, 1.82) is 0 Å². The molecule has 106 valence electrons. The van der Waals surface area contributed by atoms with E-state index < -0.39 is 24.0 Å². The Labute approximate surface area is 105 Å². The molecule has 0 aromatic carbocycles. The molecule has 0 aliphatic rings. The van der Waals surface area contributed by atoms with E-state index in [1.54, 1.807) is 0 Å². The Hall–Kier alpha value is -1.90. The van der Waals surface area contributed by atoms with Crippen molar-refractivity contribution < 1.29 is 31.8 Å². The topological polar surface area (TPSA) is 74.4 Å². The molecule has 0 amide bonds. The van der Waals surface area contributed by atoms with Crippen LogP contribution in [0.25, 0.3) is 0 Å². The van der Waals surface area contributed by atoms with Gasteiger partial charge in [0.2, 0.25) is 0 Å². The third-order valence-corrected chi connectivity index (χ3v) is 1.92. The number of rotatable bonds is 4. The molecule has 0 bridgehead atoms. The Kier molecular flexibility index (Phi) is 4.65. The first-order chi connectivity index (χ1) is 8.78. The number of alkyl halides is 3. The van der Waals surface area contributed by atoms with E-state index in [1.165, 1.54) is 6.92 Å². The zero-order valence-corrected chi connectivity index (χ0v) is 9.75. The number of carbonyl (C=O) groups excluding carboxylic acids is 1. The Morgan fingerprint density at radius 1 is 1.47 bits per heavy atom. The summed E-state index contributed by atoms with van der Waals surface area (Å²) in [5.41, 5.74) is 4.65. The second-order valence-corrected chi connectivity index (χ2v) is 3.24. The molecule has 0 aliphatic carbocycles. The summed E-state index contributed by atoms with van der Waals surface area (Å²) in [6, 6.07) is 0.550. The van der Waals surface area contributed by atoms with Crippen molar-refractivity contribution in [3.63, 3.8) is 0 Å². The quantitative estimate of drug-likeness (QED) is 0.672. The molecule has 0 saturated heterocycles. The average Bonchev–Trinajstić information content (AvgIpc) is 2.29. The van der Waals surface area contributed by atoms with E-state index in [0.717, 1.165) is 0 Å². The molecule has 1 aromatic rings. The smallest absolute Gasteiger partial charge is 0.462 e. The molecule has 2 N–H and O–H groups in total. The summed E-state index contributed by atoms with van der Waals surface area (Å²) in [5.74, 6) is -3.65. The van der Waals surface area contributed by atoms with Crippen LogP contribution in [0.1, 0.15) is 23.0 Å². The highest BCUT2D eigenvalue weighted by Gasteiger charge is 2.34. The molecule has 0 unspecified atom stereocenters. The van der Waals surface area contributed by atoms with E-state index in [9.17, 15) is 22.4 Å². The van der Waals surface area contributed by atoms with Crippen LogP contribution in [-0.4, -0.2) is 23.9 Å². The van der Waals surface area contributed by atoms with Crippen LogP contribution in [0.3, 0.4) is 0 Å². The van der Waals surface area contributed by atoms with Gasteiger partial charge in [-0.2, -0.15) is 0 Å². The molecule has 0 fully saturated rings. The molecule has 1 heterocycles. The lowest BCUT2D eigenvalue weighted by atomic mass is 10.2. The summed E-state index contributed by atoms with van der Waals surface area (Å²) in [6.07, 6.45) is -5.09.